The van der Waals surface area contributed by atoms with Crippen LogP contribution in [-0.2, 0) is 24.6 Å². The maximum Gasteiger partial charge on any atom is 0.357 e. The summed E-state index contributed by atoms with van der Waals surface area (Å²) in [4.78, 5) is 28.1. The summed E-state index contributed by atoms with van der Waals surface area (Å²) in [6.45, 7) is 2.41. The predicted octanol–water partition coefficient (Wildman–Crippen LogP) is 0.0600. The Kier molecular flexibility index (Phi) is 6.14. The molecule has 0 spiro atoms. The lowest BCUT2D eigenvalue weighted by Gasteiger charge is -2.35. The van der Waals surface area contributed by atoms with E-state index < -0.39 is 5.97 Å². The molecule has 2 fully saturated rings. The van der Waals surface area contributed by atoms with Crippen molar-refractivity contribution in [2.75, 3.05) is 38.3 Å². The zero-order valence-electron chi connectivity index (χ0n) is 17.5. The van der Waals surface area contributed by atoms with E-state index >= 15 is 0 Å². The number of hydrogen-bond acceptors (Lipinski definition) is 9. The second-order valence-electron chi connectivity index (χ2n) is 7.78. The van der Waals surface area contributed by atoms with Crippen molar-refractivity contribution in [1.82, 2.24) is 24.8 Å². The number of piperazine rings is 1. The van der Waals surface area contributed by atoms with Crippen molar-refractivity contribution < 1.29 is 14.3 Å². The average molecular weight is 415 g/mol. The molecule has 10 nitrogen and oxygen atoms in total. The molecule has 4 rings (SSSR count). The Morgan fingerprint density at radius 2 is 2.03 bits per heavy atom. The first-order chi connectivity index (χ1) is 14.6. The Hall–Kier alpha value is -2.72. The van der Waals surface area contributed by atoms with E-state index in [1.165, 1.54) is 7.11 Å². The molecule has 2 aliphatic heterocycles. The van der Waals surface area contributed by atoms with Gasteiger partial charge in [0.25, 0.3) is 0 Å². The fourth-order valence-electron chi connectivity index (χ4n) is 4.26. The maximum absolute atomic E-state index is 12.5. The SMILES string of the molecule is COC(=O)c1nc(OCCc2nccn2C)nc(N2CC3CCC(C2)N3)c1CCN. The van der Waals surface area contributed by atoms with Crippen LogP contribution in [0, 0.1) is 0 Å². The second-order valence-corrected chi connectivity index (χ2v) is 7.78. The molecule has 0 amide bonds. The Balaban J connectivity index is 1.62. The monoisotopic (exact) mass is 415 g/mol. The third kappa shape index (κ3) is 4.24. The molecule has 3 N–H and O–H groups in total. The van der Waals surface area contributed by atoms with Crippen LogP contribution in [0.4, 0.5) is 5.82 Å². The molecule has 0 aliphatic carbocycles. The number of imidazole rings is 1. The predicted molar refractivity (Wildman–Crippen MR) is 111 cm³/mol. The summed E-state index contributed by atoms with van der Waals surface area (Å²) in [7, 11) is 3.29. The van der Waals surface area contributed by atoms with Crippen LogP contribution in [0.15, 0.2) is 12.4 Å². The normalized spacial score (nSPS) is 20.4. The van der Waals surface area contributed by atoms with Crippen LogP contribution in [0.1, 0.15) is 34.7 Å². The number of rotatable bonds is 8. The molecule has 30 heavy (non-hydrogen) atoms. The van der Waals surface area contributed by atoms with Gasteiger partial charge in [-0.05, 0) is 25.8 Å². The van der Waals surface area contributed by atoms with Crippen LogP contribution in [-0.4, -0.2) is 70.9 Å². The molecule has 0 aromatic carbocycles. The first-order valence-electron chi connectivity index (χ1n) is 10.4. The summed E-state index contributed by atoms with van der Waals surface area (Å²) in [6, 6.07) is 1.03. The number of esters is 1. The third-order valence-electron chi connectivity index (χ3n) is 5.73. The van der Waals surface area contributed by atoms with Gasteiger partial charge in [0, 0.05) is 56.6 Å². The Labute approximate surface area is 175 Å². The molecule has 2 unspecified atom stereocenters. The van der Waals surface area contributed by atoms with E-state index in [9.17, 15) is 4.79 Å². The van der Waals surface area contributed by atoms with Crippen molar-refractivity contribution in [2.24, 2.45) is 12.8 Å². The van der Waals surface area contributed by atoms with E-state index in [1.807, 2.05) is 17.8 Å². The highest BCUT2D eigenvalue weighted by Crippen LogP contribution is 2.30. The van der Waals surface area contributed by atoms with E-state index in [-0.39, 0.29) is 11.7 Å². The zero-order chi connectivity index (χ0) is 21.1. The van der Waals surface area contributed by atoms with Gasteiger partial charge in [0.1, 0.15) is 11.6 Å². The highest BCUT2D eigenvalue weighted by atomic mass is 16.5. The number of nitrogens with one attached hydrogen (secondary N) is 1. The standard InChI is InChI=1S/C20H29N7O3/c1-26-9-8-22-16(26)6-10-30-20-24-17(19(28)29-2)15(5-7-21)18(25-20)27-11-13-3-4-14(12-27)23-13/h8-9,13-14,23H,3-7,10-12,21H2,1-2H3. The number of nitrogens with two attached hydrogens (primary N) is 1. The summed E-state index contributed by atoms with van der Waals surface area (Å²) < 4.78 is 12.8. The topological polar surface area (TPSA) is 120 Å². The summed E-state index contributed by atoms with van der Waals surface area (Å²) in [5, 5.41) is 3.62. The minimum Gasteiger partial charge on any atom is -0.464 e. The highest BCUT2D eigenvalue weighted by Gasteiger charge is 2.35. The Morgan fingerprint density at radius 1 is 1.27 bits per heavy atom. The first kappa shape index (κ1) is 20.5. The molecule has 2 aromatic heterocycles. The number of aromatic nitrogens is 4. The van der Waals surface area contributed by atoms with Gasteiger partial charge < -0.3 is 30.0 Å². The first-order valence-corrected chi connectivity index (χ1v) is 10.4. The van der Waals surface area contributed by atoms with E-state index in [0.717, 1.165) is 43.1 Å². The van der Waals surface area contributed by atoms with Crippen molar-refractivity contribution in [2.45, 2.75) is 37.8 Å². The smallest absolute Gasteiger partial charge is 0.357 e. The minimum atomic E-state index is -0.505. The number of carbonyl (C=O) groups excluding carboxylic acids is 1. The van der Waals surface area contributed by atoms with Gasteiger partial charge in [-0.15, -0.1) is 0 Å². The van der Waals surface area contributed by atoms with E-state index in [1.54, 1.807) is 6.20 Å². The third-order valence-corrected chi connectivity index (χ3v) is 5.73. The number of methoxy groups -OCH3 is 1. The molecule has 0 radical (unpaired) electrons. The lowest BCUT2D eigenvalue weighted by atomic mass is 10.1. The molecule has 2 aromatic rings. The van der Waals surface area contributed by atoms with E-state index in [4.69, 9.17) is 20.2 Å². The molecule has 10 heteroatoms. The molecule has 2 aliphatic rings. The molecule has 0 saturated carbocycles. The van der Waals surface area contributed by atoms with Crippen molar-refractivity contribution in [3.05, 3.63) is 29.5 Å². The lowest BCUT2D eigenvalue weighted by Crippen LogP contribution is -2.51. The number of ether oxygens (including phenoxy) is 2. The van der Waals surface area contributed by atoms with Crippen molar-refractivity contribution in [1.29, 1.82) is 0 Å². The minimum absolute atomic E-state index is 0.172. The van der Waals surface area contributed by atoms with Gasteiger partial charge in [0.2, 0.25) is 0 Å². The number of carbonyl (C=O) groups is 1. The zero-order valence-corrected chi connectivity index (χ0v) is 17.5. The quantitative estimate of drug-likeness (QED) is 0.577. The van der Waals surface area contributed by atoms with Crippen LogP contribution < -0.4 is 20.7 Å². The van der Waals surface area contributed by atoms with Gasteiger partial charge in [-0.1, -0.05) is 0 Å². The number of nitrogens with zero attached hydrogens (tertiary/aromatic N) is 5. The number of fused-ring (bicyclic) bond motifs is 2. The molecule has 4 heterocycles. The van der Waals surface area contributed by atoms with Crippen molar-refractivity contribution in [3.63, 3.8) is 0 Å². The molecule has 2 saturated heterocycles. The van der Waals surface area contributed by atoms with Crippen LogP contribution in [0.25, 0.3) is 0 Å². The largest absolute Gasteiger partial charge is 0.464 e. The van der Waals surface area contributed by atoms with Gasteiger partial charge in [-0.3, -0.25) is 0 Å². The fourth-order valence-corrected chi connectivity index (χ4v) is 4.26. The summed E-state index contributed by atoms with van der Waals surface area (Å²) in [6.07, 6.45) is 7.04. The van der Waals surface area contributed by atoms with Crippen molar-refractivity contribution in [3.8, 4) is 6.01 Å². The molecule has 2 bridgehead atoms. The number of hydrogen-bond donors (Lipinski definition) is 2. The van der Waals surface area contributed by atoms with E-state index in [0.29, 0.717) is 38.1 Å². The van der Waals surface area contributed by atoms with Crippen LogP contribution in [0.5, 0.6) is 6.01 Å². The summed E-state index contributed by atoms with van der Waals surface area (Å²) in [5.74, 6) is 1.12. The maximum atomic E-state index is 12.5. The van der Waals surface area contributed by atoms with Crippen LogP contribution >= 0.6 is 0 Å². The lowest BCUT2D eigenvalue weighted by molar-refractivity contribution is 0.0591. The second kappa shape index (κ2) is 8.97. The fraction of sp³-hybridized carbons (Fsp3) is 0.600. The molecule has 2 atom stereocenters. The van der Waals surface area contributed by atoms with Crippen LogP contribution in [0.3, 0.4) is 0 Å². The molecular formula is C20H29N7O3. The average Bonchev–Trinajstić information content (AvgIpc) is 3.32. The molecule has 162 valence electrons. The van der Waals surface area contributed by atoms with E-state index in [2.05, 4.69) is 20.2 Å². The van der Waals surface area contributed by atoms with Gasteiger partial charge in [-0.25, -0.2) is 9.78 Å². The highest BCUT2D eigenvalue weighted by molar-refractivity contribution is 5.90. The Morgan fingerprint density at radius 3 is 2.67 bits per heavy atom. The summed E-state index contributed by atoms with van der Waals surface area (Å²) in [5.41, 5.74) is 6.80. The van der Waals surface area contributed by atoms with Crippen molar-refractivity contribution >= 4 is 11.8 Å². The number of aryl methyl sites for hydroxylation is 1. The van der Waals surface area contributed by atoms with Crippen LogP contribution in [0.2, 0.25) is 0 Å². The Bertz CT molecular complexity index is 889. The van der Waals surface area contributed by atoms with Gasteiger partial charge in [0.05, 0.1) is 13.7 Å². The molecular weight excluding hydrogens is 386 g/mol. The number of anilines is 1. The van der Waals surface area contributed by atoms with Gasteiger partial charge >= 0.3 is 12.0 Å². The van der Waals surface area contributed by atoms with Gasteiger partial charge in [0.15, 0.2) is 5.69 Å². The summed E-state index contributed by atoms with van der Waals surface area (Å²) >= 11 is 0. The van der Waals surface area contributed by atoms with Gasteiger partial charge in [-0.2, -0.15) is 9.97 Å².